The van der Waals surface area contributed by atoms with E-state index in [0.29, 0.717) is 17.1 Å². The van der Waals surface area contributed by atoms with Gasteiger partial charge in [0, 0.05) is 6.54 Å². The van der Waals surface area contributed by atoms with Crippen molar-refractivity contribution in [3.8, 4) is 6.07 Å². The summed E-state index contributed by atoms with van der Waals surface area (Å²) in [5.41, 5.74) is 1.07. The summed E-state index contributed by atoms with van der Waals surface area (Å²) in [4.78, 5) is 12.1. The SMILES string of the molecule is CCCCCNc1ccc(C(=O)Nc2ccccc2C#N)nn1. The van der Waals surface area contributed by atoms with E-state index in [-0.39, 0.29) is 5.69 Å². The summed E-state index contributed by atoms with van der Waals surface area (Å²) < 4.78 is 0. The van der Waals surface area contributed by atoms with Gasteiger partial charge in [0.25, 0.3) is 5.91 Å². The van der Waals surface area contributed by atoms with Crippen LogP contribution < -0.4 is 10.6 Å². The van der Waals surface area contributed by atoms with Crippen LogP contribution >= 0.6 is 0 Å². The molecule has 23 heavy (non-hydrogen) atoms. The molecule has 6 heteroatoms. The highest BCUT2D eigenvalue weighted by Gasteiger charge is 2.10. The molecule has 0 unspecified atom stereocenters. The number of para-hydroxylation sites is 1. The molecule has 0 saturated carbocycles. The number of nitrogens with one attached hydrogen (secondary N) is 2. The van der Waals surface area contributed by atoms with Crippen molar-refractivity contribution < 1.29 is 4.79 Å². The number of hydrogen-bond acceptors (Lipinski definition) is 5. The number of hydrogen-bond donors (Lipinski definition) is 2. The first-order chi connectivity index (χ1) is 11.2. The van der Waals surface area contributed by atoms with Crippen LogP contribution in [-0.2, 0) is 0 Å². The molecule has 1 aromatic carbocycles. The molecule has 0 spiro atoms. The van der Waals surface area contributed by atoms with Crippen molar-refractivity contribution in [1.82, 2.24) is 10.2 Å². The van der Waals surface area contributed by atoms with Crippen LogP contribution in [0.3, 0.4) is 0 Å². The smallest absolute Gasteiger partial charge is 0.276 e. The number of benzene rings is 1. The summed E-state index contributed by atoms with van der Waals surface area (Å²) in [7, 11) is 0. The Bertz CT molecular complexity index is 691. The summed E-state index contributed by atoms with van der Waals surface area (Å²) in [6.45, 7) is 2.99. The normalized spacial score (nSPS) is 9.91. The number of carbonyl (C=O) groups is 1. The zero-order valence-electron chi connectivity index (χ0n) is 13.0. The maximum Gasteiger partial charge on any atom is 0.276 e. The Labute approximate surface area is 135 Å². The van der Waals surface area contributed by atoms with E-state index in [9.17, 15) is 4.79 Å². The van der Waals surface area contributed by atoms with Gasteiger partial charge in [0.2, 0.25) is 0 Å². The first-order valence-corrected chi connectivity index (χ1v) is 7.62. The first kappa shape index (κ1) is 16.4. The molecule has 1 amide bonds. The lowest BCUT2D eigenvalue weighted by atomic mass is 10.2. The van der Waals surface area contributed by atoms with Crippen LogP contribution in [0.4, 0.5) is 11.5 Å². The largest absolute Gasteiger partial charge is 0.369 e. The minimum Gasteiger partial charge on any atom is -0.369 e. The number of amides is 1. The zero-order chi connectivity index (χ0) is 16.5. The van der Waals surface area contributed by atoms with Gasteiger partial charge in [-0.05, 0) is 30.7 Å². The van der Waals surface area contributed by atoms with Gasteiger partial charge in [-0.25, -0.2) is 0 Å². The summed E-state index contributed by atoms with van der Waals surface area (Å²) in [6.07, 6.45) is 3.40. The third-order valence-corrected chi connectivity index (χ3v) is 3.28. The number of unbranched alkanes of at least 4 members (excludes halogenated alkanes) is 2. The maximum absolute atomic E-state index is 12.1. The highest BCUT2D eigenvalue weighted by atomic mass is 16.1. The van der Waals surface area contributed by atoms with Crippen molar-refractivity contribution in [2.45, 2.75) is 26.2 Å². The van der Waals surface area contributed by atoms with Crippen LogP contribution in [0.2, 0.25) is 0 Å². The van der Waals surface area contributed by atoms with Crippen molar-refractivity contribution in [3.05, 3.63) is 47.7 Å². The summed E-state index contributed by atoms with van der Waals surface area (Å²) in [5, 5.41) is 22.8. The van der Waals surface area contributed by atoms with Gasteiger partial charge in [0.05, 0.1) is 11.3 Å². The second-order valence-corrected chi connectivity index (χ2v) is 5.05. The van der Waals surface area contributed by atoms with E-state index in [1.807, 2.05) is 6.07 Å². The Morgan fingerprint density at radius 1 is 1.17 bits per heavy atom. The van der Waals surface area contributed by atoms with E-state index in [1.54, 1.807) is 36.4 Å². The molecule has 0 aliphatic rings. The Balaban J connectivity index is 1.96. The highest BCUT2D eigenvalue weighted by molar-refractivity contribution is 6.03. The molecule has 0 atom stereocenters. The first-order valence-electron chi connectivity index (χ1n) is 7.62. The van der Waals surface area contributed by atoms with E-state index in [0.717, 1.165) is 19.4 Å². The summed E-state index contributed by atoms with van der Waals surface area (Å²) in [5.74, 6) is 0.257. The molecule has 118 valence electrons. The fourth-order valence-electron chi connectivity index (χ4n) is 2.02. The molecular formula is C17H19N5O. The van der Waals surface area contributed by atoms with Crippen molar-refractivity contribution in [1.29, 1.82) is 5.26 Å². The van der Waals surface area contributed by atoms with Gasteiger partial charge in [-0.2, -0.15) is 5.26 Å². The number of nitriles is 1. The van der Waals surface area contributed by atoms with E-state index in [4.69, 9.17) is 5.26 Å². The molecule has 0 radical (unpaired) electrons. The number of anilines is 2. The van der Waals surface area contributed by atoms with Crippen LogP contribution in [0.25, 0.3) is 0 Å². The fourth-order valence-corrected chi connectivity index (χ4v) is 2.02. The molecule has 6 nitrogen and oxygen atoms in total. The fraction of sp³-hybridized carbons (Fsp3) is 0.294. The van der Waals surface area contributed by atoms with Crippen LogP contribution in [0, 0.1) is 11.3 Å². The molecule has 0 fully saturated rings. The van der Waals surface area contributed by atoms with Gasteiger partial charge in [0.15, 0.2) is 5.69 Å². The summed E-state index contributed by atoms with van der Waals surface area (Å²) in [6, 6.07) is 12.2. The Morgan fingerprint density at radius 2 is 2.00 bits per heavy atom. The van der Waals surface area contributed by atoms with Crippen LogP contribution in [-0.4, -0.2) is 22.6 Å². The monoisotopic (exact) mass is 309 g/mol. The Morgan fingerprint density at radius 3 is 2.70 bits per heavy atom. The standard InChI is InChI=1S/C17H19N5O/c1-2-3-6-11-19-16-10-9-15(21-22-16)17(23)20-14-8-5-4-7-13(14)12-18/h4-5,7-10H,2-3,6,11H2,1H3,(H,19,22)(H,20,23). The van der Waals surface area contributed by atoms with Gasteiger partial charge < -0.3 is 10.6 Å². The van der Waals surface area contributed by atoms with Crippen molar-refractivity contribution in [2.75, 3.05) is 17.2 Å². The molecule has 0 aliphatic carbocycles. The van der Waals surface area contributed by atoms with E-state index in [1.165, 1.54) is 6.42 Å². The topological polar surface area (TPSA) is 90.7 Å². The van der Waals surface area contributed by atoms with Gasteiger partial charge in [-0.3, -0.25) is 4.79 Å². The van der Waals surface area contributed by atoms with Gasteiger partial charge >= 0.3 is 0 Å². The lowest BCUT2D eigenvalue weighted by Crippen LogP contribution is -2.15. The third-order valence-electron chi connectivity index (χ3n) is 3.28. The van der Waals surface area contributed by atoms with Crippen LogP contribution in [0.1, 0.15) is 42.2 Å². The van der Waals surface area contributed by atoms with E-state index < -0.39 is 5.91 Å². The molecule has 0 bridgehead atoms. The number of aromatic nitrogens is 2. The highest BCUT2D eigenvalue weighted by Crippen LogP contribution is 2.14. The summed E-state index contributed by atoms with van der Waals surface area (Å²) >= 11 is 0. The van der Waals surface area contributed by atoms with Gasteiger partial charge in [-0.15, -0.1) is 10.2 Å². The van der Waals surface area contributed by atoms with E-state index in [2.05, 4.69) is 27.8 Å². The predicted octanol–water partition coefficient (Wildman–Crippen LogP) is 3.20. The number of carbonyl (C=O) groups excluding carboxylic acids is 1. The molecule has 2 N–H and O–H groups in total. The molecule has 1 heterocycles. The number of nitrogens with zero attached hydrogens (tertiary/aromatic N) is 3. The minimum absolute atomic E-state index is 0.205. The Kier molecular flexibility index (Phi) is 6.07. The second kappa shape index (κ2) is 8.49. The lowest BCUT2D eigenvalue weighted by Gasteiger charge is -2.07. The molecular weight excluding hydrogens is 290 g/mol. The van der Waals surface area contributed by atoms with E-state index >= 15 is 0 Å². The average Bonchev–Trinajstić information content (AvgIpc) is 2.59. The van der Waals surface area contributed by atoms with Crippen molar-refractivity contribution >= 4 is 17.4 Å². The molecule has 0 aliphatic heterocycles. The number of rotatable bonds is 7. The zero-order valence-corrected chi connectivity index (χ0v) is 13.0. The average molecular weight is 309 g/mol. The Hall–Kier alpha value is -2.94. The molecule has 0 saturated heterocycles. The van der Waals surface area contributed by atoms with Crippen LogP contribution in [0.15, 0.2) is 36.4 Å². The molecule has 1 aromatic heterocycles. The second-order valence-electron chi connectivity index (χ2n) is 5.05. The van der Waals surface area contributed by atoms with Crippen molar-refractivity contribution in [2.24, 2.45) is 0 Å². The lowest BCUT2D eigenvalue weighted by molar-refractivity contribution is 0.102. The minimum atomic E-state index is -0.391. The maximum atomic E-state index is 12.1. The van der Waals surface area contributed by atoms with Gasteiger partial charge in [0.1, 0.15) is 11.9 Å². The van der Waals surface area contributed by atoms with Crippen molar-refractivity contribution in [3.63, 3.8) is 0 Å². The molecule has 2 aromatic rings. The molecule has 2 rings (SSSR count). The third kappa shape index (κ3) is 4.78. The van der Waals surface area contributed by atoms with Gasteiger partial charge in [-0.1, -0.05) is 31.9 Å². The predicted molar refractivity (Wildman–Crippen MR) is 89.2 cm³/mol. The van der Waals surface area contributed by atoms with Crippen LogP contribution in [0.5, 0.6) is 0 Å². The quantitative estimate of drug-likeness (QED) is 0.766.